The Morgan fingerprint density at radius 3 is 2.06 bits per heavy atom. The smallest absolute Gasteiger partial charge is 0.229 e. The second-order valence-corrected chi connectivity index (χ2v) is 7.56. The molecular formula is C25H29N7. The Balaban J connectivity index is 1.49. The number of benzene rings is 3. The van der Waals surface area contributed by atoms with E-state index in [1.54, 1.807) is 0 Å². The number of unbranched alkanes of at least 4 members (excludes halogenated alkanes) is 1. The van der Waals surface area contributed by atoms with Crippen molar-refractivity contribution in [3.63, 3.8) is 0 Å². The van der Waals surface area contributed by atoms with E-state index in [9.17, 15) is 0 Å². The summed E-state index contributed by atoms with van der Waals surface area (Å²) in [6.07, 6.45) is 1.93. The summed E-state index contributed by atoms with van der Waals surface area (Å²) in [5, 5.41) is 12.4. The second-order valence-electron chi connectivity index (χ2n) is 7.56. The lowest BCUT2D eigenvalue weighted by atomic mass is 10.0. The van der Waals surface area contributed by atoms with E-state index in [1.165, 1.54) is 16.3 Å². The molecule has 7 nitrogen and oxygen atoms in total. The predicted molar refractivity (Wildman–Crippen MR) is 132 cm³/mol. The number of rotatable bonds is 11. The van der Waals surface area contributed by atoms with E-state index in [1.807, 2.05) is 18.2 Å². The zero-order valence-corrected chi connectivity index (χ0v) is 18.1. The van der Waals surface area contributed by atoms with E-state index in [0.717, 1.165) is 24.9 Å². The van der Waals surface area contributed by atoms with E-state index in [4.69, 9.17) is 5.73 Å². The Kier molecular flexibility index (Phi) is 7.44. The van der Waals surface area contributed by atoms with E-state index < -0.39 is 0 Å². The summed E-state index contributed by atoms with van der Waals surface area (Å²) in [5.74, 6) is 1.61. The molecule has 4 aromatic rings. The lowest BCUT2D eigenvalue weighted by Crippen LogP contribution is -2.13. The van der Waals surface area contributed by atoms with E-state index in [0.29, 0.717) is 37.5 Å². The summed E-state index contributed by atoms with van der Waals surface area (Å²) in [6, 6.07) is 24.9. The SMILES string of the molecule is NCCCCNc1nc(NCc2ccccc2)nc(NCc2cccc3ccccc23)n1. The molecule has 0 bridgehead atoms. The van der Waals surface area contributed by atoms with Gasteiger partial charge in [0.2, 0.25) is 17.8 Å². The van der Waals surface area contributed by atoms with Crippen molar-refractivity contribution in [2.75, 3.05) is 29.0 Å². The molecule has 4 rings (SSSR count). The molecule has 1 heterocycles. The first kappa shape index (κ1) is 21.5. The maximum atomic E-state index is 5.60. The van der Waals surface area contributed by atoms with Crippen molar-refractivity contribution in [2.45, 2.75) is 25.9 Å². The average molecular weight is 428 g/mol. The monoisotopic (exact) mass is 427 g/mol. The topological polar surface area (TPSA) is 101 Å². The third-order valence-electron chi connectivity index (χ3n) is 5.16. The van der Waals surface area contributed by atoms with Gasteiger partial charge in [-0.25, -0.2) is 0 Å². The van der Waals surface area contributed by atoms with Crippen molar-refractivity contribution < 1.29 is 0 Å². The number of hydrogen-bond acceptors (Lipinski definition) is 7. The Morgan fingerprint density at radius 1 is 0.625 bits per heavy atom. The Morgan fingerprint density at radius 2 is 1.28 bits per heavy atom. The summed E-state index contributed by atoms with van der Waals surface area (Å²) in [7, 11) is 0. The molecule has 7 heteroatoms. The van der Waals surface area contributed by atoms with Gasteiger partial charge in [-0.3, -0.25) is 0 Å². The molecule has 0 amide bonds. The van der Waals surface area contributed by atoms with Gasteiger partial charge in [-0.1, -0.05) is 72.8 Å². The molecule has 0 fully saturated rings. The van der Waals surface area contributed by atoms with E-state index >= 15 is 0 Å². The molecule has 0 radical (unpaired) electrons. The summed E-state index contributed by atoms with van der Waals surface area (Å²) < 4.78 is 0. The van der Waals surface area contributed by atoms with Crippen molar-refractivity contribution in [2.24, 2.45) is 5.73 Å². The zero-order valence-electron chi connectivity index (χ0n) is 18.1. The quantitative estimate of drug-likeness (QED) is 0.263. The minimum atomic E-state index is 0.532. The zero-order chi connectivity index (χ0) is 22.0. The van der Waals surface area contributed by atoms with Crippen LogP contribution in [-0.4, -0.2) is 28.0 Å². The highest BCUT2D eigenvalue weighted by molar-refractivity contribution is 5.85. The molecule has 1 aromatic heterocycles. The minimum absolute atomic E-state index is 0.532. The second kappa shape index (κ2) is 11.1. The highest BCUT2D eigenvalue weighted by Gasteiger charge is 2.08. The van der Waals surface area contributed by atoms with Crippen LogP contribution in [0.5, 0.6) is 0 Å². The standard InChI is InChI=1S/C25H29N7/c26-15-6-7-16-27-23-30-24(28-17-19-9-2-1-3-10-19)32-25(31-23)29-18-21-13-8-12-20-11-4-5-14-22(20)21/h1-5,8-14H,6-7,15-18,26H2,(H3,27,28,29,30,31,32). The van der Waals surface area contributed by atoms with Crippen LogP contribution in [0.15, 0.2) is 72.8 Å². The van der Waals surface area contributed by atoms with Gasteiger partial charge in [0.05, 0.1) is 0 Å². The molecule has 5 N–H and O–H groups in total. The van der Waals surface area contributed by atoms with Gasteiger partial charge < -0.3 is 21.7 Å². The molecule has 0 aliphatic rings. The molecule has 32 heavy (non-hydrogen) atoms. The van der Waals surface area contributed by atoms with Gasteiger partial charge in [-0.05, 0) is 41.3 Å². The number of nitrogens with two attached hydrogens (primary N) is 1. The number of fused-ring (bicyclic) bond motifs is 1. The first-order valence-corrected chi connectivity index (χ1v) is 11.0. The Hall–Kier alpha value is -3.71. The first-order valence-electron chi connectivity index (χ1n) is 11.0. The van der Waals surface area contributed by atoms with Gasteiger partial charge in [0, 0.05) is 19.6 Å². The van der Waals surface area contributed by atoms with Gasteiger partial charge in [0.25, 0.3) is 0 Å². The number of aromatic nitrogens is 3. The van der Waals surface area contributed by atoms with Crippen molar-refractivity contribution in [1.29, 1.82) is 0 Å². The summed E-state index contributed by atoms with van der Waals surface area (Å²) in [6.45, 7) is 2.71. The van der Waals surface area contributed by atoms with Crippen molar-refractivity contribution in [3.8, 4) is 0 Å². The van der Waals surface area contributed by atoms with Gasteiger partial charge in [-0.2, -0.15) is 15.0 Å². The van der Waals surface area contributed by atoms with Gasteiger partial charge in [0.15, 0.2) is 0 Å². The molecule has 3 aromatic carbocycles. The molecule has 0 aliphatic heterocycles. The third-order valence-corrected chi connectivity index (χ3v) is 5.16. The first-order chi connectivity index (χ1) is 15.8. The normalized spacial score (nSPS) is 10.8. The number of nitrogens with one attached hydrogen (secondary N) is 3. The van der Waals surface area contributed by atoms with Crippen LogP contribution in [0.2, 0.25) is 0 Å². The number of anilines is 3. The van der Waals surface area contributed by atoms with Crippen molar-refractivity contribution in [1.82, 2.24) is 15.0 Å². The highest BCUT2D eigenvalue weighted by Crippen LogP contribution is 2.20. The van der Waals surface area contributed by atoms with Gasteiger partial charge in [-0.15, -0.1) is 0 Å². The number of hydrogen-bond donors (Lipinski definition) is 4. The van der Waals surface area contributed by atoms with Crippen molar-refractivity contribution >= 4 is 28.6 Å². The Labute approximate surface area is 188 Å². The molecule has 0 spiro atoms. The predicted octanol–water partition coefficient (Wildman–Crippen LogP) is 4.40. The fraction of sp³-hybridized carbons (Fsp3) is 0.240. The van der Waals surface area contributed by atoms with E-state index in [2.05, 4.69) is 85.5 Å². The maximum absolute atomic E-state index is 5.60. The van der Waals surface area contributed by atoms with E-state index in [-0.39, 0.29) is 0 Å². The van der Waals surface area contributed by atoms with Crippen LogP contribution < -0.4 is 21.7 Å². The largest absolute Gasteiger partial charge is 0.354 e. The van der Waals surface area contributed by atoms with Crippen LogP contribution in [0.3, 0.4) is 0 Å². The lowest BCUT2D eigenvalue weighted by Gasteiger charge is -2.12. The van der Waals surface area contributed by atoms with Gasteiger partial charge in [0.1, 0.15) is 0 Å². The molecule has 0 unspecified atom stereocenters. The van der Waals surface area contributed by atoms with Crippen LogP contribution in [0, 0.1) is 0 Å². The van der Waals surface area contributed by atoms with Crippen LogP contribution >= 0.6 is 0 Å². The highest BCUT2D eigenvalue weighted by atomic mass is 15.3. The van der Waals surface area contributed by atoms with Crippen LogP contribution in [0.1, 0.15) is 24.0 Å². The molecule has 0 saturated carbocycles. The van der Waals surface area contributed by atoms with Crippen LogP contribution in [-0.2, 0) is 13.1 Å². The lowest BCUT2D eigenvalue weighted by molar-refractivity contribution is 0.769. The molecule has 0 atom stereocenters. The molecule has 0 saturated heterocycles. The van der Waals surface area contributed by atoms with Crippen LogP contribution in [0.25, 0.3) is 10.8 Å². The van der Waals surface area contributed by atoms with Crippen molar-refractivity contribution in [3.05, 3.63) is 83.9 Å². The molecular weight excluding hydrogens is 398 g/mol. The third kappa shape index (κ3) is 5.92. The number of nitrogens with zero attached hydrogens (tertiary/aromatic N) is 3. The maximum Gasteiger partial charge on any atom is 0.229 e. The summed E-state index contributed by atoms with van der Waals surface area (Å²) >= 11 is 0. The summed E-state index contributed by atoms with van der Waals surface area (Å²) in [5.41, 5.74) is 7.95. The summed E-state index contributed by atoms with van der Waals surface area (Å²) in [4.78, 5) is 13.7. The average Bonchev–Trinajstić information content (AvgIpc) is 2.85. The molecule has 0 aliphatic carbocycles. The fourth-order valence-electron chi connectivity index (χ4n) is 3.48. The van der Waals surface area contributed by atoms with Gasteiger partial charge >= 0.3 is 0 Å². The fourth-order valence-corrected chi connectivity index (χ4v) is 3.48. The minimum Gasteiger partial charge on any atom is -0.354 e. The Bertz CT molecular complexity index is 1130. The molecule has 164 valence electrons. The van der Waals surface area contributed by atoms with Crippen LogP contribution in [0.4, 0.5) is 17.8 Å².